The molecule has 0 amide bonds. The van der Waals surface area contributed by atoms with Gasteiger partial charge in [-0.25, -0.2) is 19.7 Å². The van der Waals surface area contributed by atoms with Crippen LogP contribution >= 0.6 is 0 Å². The standard InChI is InChI=1S/C25H21N7O2/c33-25(34)17-5-7-20-21(14-17)29-24(23(28-20)16-4-6-19-18(13-16)15-27-30-19)32-11-9-31(10-12-32)22-3-1-2-8-26-22/h1-8,13-15H,9-12H2,(H,27,30)(H,33,34). The molecule has 1 fully saturated rings. The lowest BCUT2D eigenvalue weighted by Gasteiger charge is -2.36. The van der Waals surface area contributed by atoms with Gasteiger partial charge in [0.05, 0.1) is 28.3 Å². The molecule has 9 nitrogen and oxygen atoms in total. The molecule has 2 aromatic carbocycles. The summed E-state index contributed by atoms with van der Waals surface area (Å²) in [6, 6.07) is 16.8. The number of pyridine rings is 1. The van der Waals surface area contributed by atoms with Crippen molar-refractivity contribution in [3.8, 4) is 11.3 Å². The highest BCUT2D eigenvalue weighted by Gasteiger charge is 2.23. The van der Waals surface area contributed by atoms with Gasteiger partial charge in [0.15, 0.2) is 5.82 Å². The van der Waals surface area contributed by atoms with Gasteiger partial charge >= 0.3 is 5.97 Å². The molecule has 5 aromatic rings. The van der Waals surface area contributed by atoms with Gasteiger partial charge in [-0.2, -0.15) is 5.10 Å². The summed E-state index contributed by atoms with van der Waals surface area (Å²) in [4.78, 5) is 30.3. The van der Waals surface area contributed by atoms with Gasteiger partial charge in [0.25, 0.3) is 0 Å². The summed E-state index contributed by atoms with van der Waals surface area (Å²) >= 11 is 0. The molecule has 6 rings (SSSR count). The third-order valence-electron chi connectivity index (χ3n) is 6.16. The molecule has 1 aliphatic heterocycles. The average molecular weight is 451 g/mol. The van der Waals surface area contributed by atoms with E-state index in [-0.39, 0.29) is 5.56 Å². The fraction of sp³-hybridized carbons (Fsp3) is 0.160. The number of nitrogens with zero attached hydrogens (tertiary/aromatic N) is 6. The molecule has 0 bridgehead atoms. The maximum absolute atomic E-state index is 11.5. The molecular formula is C25H21N7O2. The summed E-state index contributed by atoms with van der Waals surface area (Å²) in [5.41, 5.74) is 4.07. The Balaban J connectivity index is 1.42. The molecule has 4 heterocycles. The Hall–Kier alpha value is -4.53. The van der Waals surface area contributed by atoms with Crippen LogP contribution in [0.2, 0.25) is 0 Å². The summed E-state index contributed by atoms with van der Waals surface area (Å²) in [6.07, 6.45) is 3.60. The maximum Gasteiger partial charge on any atom is 0.335 e. The first kappa shape index (κ1) is 20.1. The Morgan fingerprint density at radius 1 is 0.912 bits per heavy atom. The number of piperazine rings is 1. The highest BCUT2D eigenvalue weighted by molar-refractivity contribution is 5.94. The zero-order valence-electron chi connectivity index (χ0n) is 18.2. The van der Waals surface area contributed by atoms with E-state index in [1.165, 1.54) is 0 Å². The maximum atomic E-state index is 11.5. The molecule has 0 unspecified atom stereocenters. The van der Waals surface area contributed by atoms with Crippen LogP contribution < -0.4 is 9.80 Å². The number of aromatic carboxylic acids is 1. The van der Waals surface area contributed by atoms with Gasteiger partial charge < -0.3 is 14.9 Å². The monoisotopic (exact) mass is 451 g/mol. The number of hydrogen-bond acceptors (Lipinski definition) is 7. The van der Waals surface area contributed by atoms with Crippen molar-refractivity contribution in [1.82, 2.24) is 25.1 Å². The van der Waals surface area contributed by atoms with E-state index >= 15 is 0 Å². The van der Waals surface area contributed by atoms with Crippen LogP contribution in [0.15, 0.2) is 67.0 Å². The Morgan fingerprint density at radius 3 is 2.56 bits per heavy atom. The van der Waals surface area contributed by atoms with Crippen LogP contribution in [0.3, 0.4) is 0 Å². The molecule has 1 aliphatic rings. The van der Waals surface area contributed by atoms with Crippen LogP contribution in [-0.2, 0) is 0 Å². The first-order valence-corrected chi connectivity index (χ1v) is 11.1. The fourth-order valence-electron chi connectivity index (χ4n) is 4.37. The number of carbonyl (C=O) groups is 1. The van der Waals surface area contributed by atoms with Crippen molar-refractivity contribution in [3.05, 3.63) is 72.6 Å². The number of aromatic nitrogens is 5. The van der Waals surface area contributed by atoms with E-state index in [1.54, 1.807) is 30.6 Å². The Kier molecular flexibility index (Phi) is 4.80. The minimum absolute atomic E-state index is 0.195. The predicted molar refractivity (Wildman–Crippen MR) is 130 cm³/mol. The van der Waals surface area contributed by atoms with E-state index in [4.69, 9.17) is 9.97 Å². The molecule has 0 aliphatic carbocycles. The second kappa shape index (κ2) is 8.11. The highest BCUT2D eigenvalue weighted by Crippen LogP contribution is 2.32. The molecule has 34 heavy (non-hydrogen) atoms. The van der Waals surface area contributed by atoms with Crippen LogP contribution in [0.25, 0.3) is 33.2 Å². The Morgan fingerprint density at radius 2 is 1.76 bits per heavy atom. The van der Waals surface area contributed by atoms with Crippen LogP contribution in [0.5, 0.6) is 0 Å². The molecule has 2 N–H and O–H groups in total. The van der Waals surface area contributed by atoms with E-state index in [9.17, 15) is 9.90 Å². The van der Waals surface area contributed by atoms with Gasteiger partial charge in [-0.05, 0) is 42.5 Å². The lowest BCUT2D eigenvalue weighted by molar-refractivity contribution is 0.0697. The van der Waals surface area contributed by atoms with E-state index < -0.39 is 5.97 Å². The normalized spacial score (nSPS) is 14.1. The summed E-state index contributed by atoms with van der Waals surface area (Å²) in [5.74, 6) is 0.728. The minimum atomic E-state index is -0.983. The molecule has 0 spiro atoms. The van der Waals surface area contributed by atoms with E-state index in [0.29, 0.717) is 11.0 Å². The third-order valence-corrected chi connectivity index (χ3v) is 6.16. The SMILES string of the molecule is O=C(O)c1ccc2nc(-c3ccc4[nH]ncc4c3)c(N3CCN(c4ccccn4)CC3)nc2c1. The second-order valence-electron chi connectivity index (χ2n) is 8.24. The zero-order chi connectivity index (χ0) is 23.1. The van der Waals surface area contributed by atoms with Crippen molar-refractivity contribution in [2.24, 2.45) is 0 Å². The third kappa shape index (κ3) is 3.57. The van der Waals surface area contributed by atoms with Crippen molar-refractivity contribution in [3.63, 3.8) is 0 Å². The van der Waals surface area contributed by atoms with Gasteiger partial charge in [0.1, 0.15) is 11.5 Å². The van der Waals surface area contributed by atoms with Gasteiger partial charge in [0.2, 0.25) is 0 Å². The average Bonchev–Trinajstić information content (AvgIpc) is 3.36. The minimum Gasteiger partial charge on any atom is -0.478 e. The number of carboxylic acids is 1. The molecular weight excluding hydrogens is 430 g/mol. The number of rotatable bonds is 4. The summed E-state index contributed by atoms with van der Waals surface area (Å²) in [5, 5.41) is 17.5. The quantitative estimate of drug-likeness (QED) is 0.426. The smallest absolute Gasteiger partial charge is 0.335 e. The largest absolute Gasteiger partial charge is 0.478 e. The topological polar surface area (TPSA) is 111 Å². The molecule has 0 radical (unpaired) electrons. The van der Waals surface area contributed by atoms with Crippen molar-refractivity contribution >= 4 is 39.5 Å². The van der Waals surface area contributed by atoms with Gasteiger partial charge in [-0.1, -0.05) is 12.1 Å². The van der Waals surface area contributed by atoms with Crippen molar-refractivity contribution < 1.29 is 9.90 Å². The molecule has 1 saturated heterocycles. The second-order valence-corrected chi connectivity index (χ2v) is 8.24. The molecule has 0 saturated carbocycles. The van der Waals surface area contributed by atoms with Crippen molar-refractivity contribution in [1.29, 1.82) is 0 Å². The number of anilines is 2. The van der Waals surface area contributed by atoms with Crippen LogP contribution in [0.4, 0.5) is 11.6 Å². The molecule has 9 heteroatoms. The number of fused-ring (bicyclic) bond motifs is 2. The van der Waals surface area contributed by atoms with Crippen molar-refractivity contribution in [2.75, 3.05) is 36.0 Å². The van der Waals surface area contributed by atoms with Gasteiger partial charge in [0, 0.05) is 43.3 Å². The number of hydrogen-bond donors (Lipinski definition) is 2. The zero-order valence-corrected chi connectivity index (χ0v) is 18.2. The van der Waals surface area contributed by atoms with Gasteiger partial charge in [-0.15, -0.1) is 0 Å². The number of benzene rings is 2. The molecule has 0 atom stereocenters. The predicted octanol–water partition coefficient (Wildman–Crippen LogP) is 3.59. The van der Waals surface area contributed by atoms with Crippen LogP contribution in [0, 0.1) is 0 Å². The van der Waals surface area contributed by atoms with Crippen LogP contribution in [0.1, 0.15) is 10.4 Å². The van der Waals surface area contributed by atoms with Gasteiger partial charge in [-0.3, -0.25) is 5.10 Å². The van der Waals surface area contributed by atoms with E-state index in [0.717, 1.165) is 60.0 Å². The van der Waals surface area contributed by atoms with Crippen LogP contribution in [-0.4, -0.2) is 62.4 Å². The molecule has 168 valence electrons. The first-order chi connectivity index (χ1) is 16.7. The Bertz CT molecular complexity index is 1510. The highest BCUT2D eigenvalue weighted by atomic mass is 16.4. The molecule has 3 aromatic heterocycles. The number of aromatic amines is 1. The lowest BCUT2D eigenvalue weighted by atomic mass is 10.1. The number of nitrogens with one attached hydrogen (secondary N) is 1. The number of carboxylic acid groups (broad SMARTS) is 1. The summed E-state index contributed by atoms with van der Waals surface area (Å²) in [6.45, 7) is 3.09. The lowest BCUT2D eigenvalue weighted by Crippen LogP contribution is -2.47. The first-order valence-electron chi connectivity index (χ1n) is 11.1. The Labute approximate surface area is 194 Å². The van der Waals surface area contributed by atoms with Crippen molar-refractivity contribution in [2.45, 2.75) is 0 Å². The number of H-pyrrole nitrogens is 1. The van der Waals surface area contributed by atoms with E-state index in [1.807, 2.05) is 36.4 Å². The fourth-order valence-corrected chi connectivity index (χ4v) is 4.37. The van der Waals surface area contributed by atoms with E-state index in [2.05, 4.69) is 25.0 Å². The summed E-state index contributed by atoms with van der Waals surface area (Å²) < 4.78 is 0. The summed E-state index contributed by atoms with van der Waals surface area (Å²) in [7, 11) is 0.